The summed E-state index contributed by atoms with van der Waals surface area (Å²) in [6.07, 6.45) is 0. The Bertz CT molecular complexity index is 925. The van der Waals surface area contributed by atoms with Crippen molar-refractivity contribution in [2.24, 2.45) is 0 Å². The van der Waals surface area contributed by atoms with E-state index in [4.69, 9.17) is 14.2 Å². The Morgan fingerprint density at radius 1 is 1.15 bits per heavy atom. The standard InChI is InChI=1S/C19H16BrNO4S/c1-23-16-8-4-7-15(17(16)24-2)18-21-14(11-26-18)10-25-19(22)12-5-3-6-13(20)9-12/h3-9,11H,10H2,1-2H3. The molecule has 0 aliphatic rings. The monoisotopic (exact) mass is 433 g/mol. The van der Waals surface area contributed by atoms with Gasteiger partial charge in [0, 0.05) is 9.85 Å². The average molecular weight is 434 g/mol. The lowest BCUT2D eigenvalue weighted by Crippen LogP contribution is -2.05. The Morgan fingerprint density at radius 2 is 1.96 bits per heavy atom. The Morgan fingerprint density at radius 3 is 2.69 bits per heavy atom. The van der Waals surface area contributed by atoms with Gasteiger partial charge in [0.25, 0.3) is 0 Å². The van der Waals surface area contributed by atoms with E-state index < -0.39 is 0 Å². The zero-order chi connectivity index (χ0) is 18.5. The van der Waals surface area contributed by atoms with Crippen molar-refractivity contribution >= 4 is 33.2 Å². The molecule has 134 valence electrons. The van der Waals surface area contributed by atoms with Crippen LogP contribution >= 0.6 is 27.3 Å². The zero-order valence-corrected chi connectivity index (χ0v) is 16.6. The summed E-state index contributed by atoms with van der Waals surface area (Å²) < 4.78 is 16.9. The smallest absolute Gasteiger partial charge is 0.338 e. The highest BCUT2D eigenvalue weighted by Gasteiger charge is 2.15. The molecule has 3 aromatic rings. The van der Waals surface area contributed by atoms with Crippen LogP contribution in [0.1, 0.15) is 16.1 Å². The molecule has 0 fully saturated rings. The number of rotatable bonds is 6. The van der Waals surface area contributed by atoms with Crippen LogP contribution in [0.5, 0.6) is 11.5 Å². The molecule has 26 heavy (non-hydrogen) atoms. The Kier molecular flexibility index (Phi) is 5.90. The van der Waals surface area contributed by atoms with Crippen LogP contribution < -0.4 is 9.47 Å². The Hall–Kier alpha value is -2.38. The van der Waals surface area contributed by atoms with Crippen LogP contribution in [0.25, 0.3) is 10.6 Å². The van der Waals surface area contributed by atoms with Crippen LogP contribution in [0.15, 0.2) is 52.3 Å². The van der Waals surface area contributed by atoms with Crippen LogP contribution in [0.2, 0.25) is 0 Å². The fourth-order valence-electron chi connectivity index (χ4n) is 2.39. The van der Waals surface area contributed by atoms with E-state index in [1.54, 1.807) is 32.4 Å². The fourth-order valence-corrected chi connectivity index (χ4v) is 3.62. The number of aromatic nitrogens is 1. The molecule has 3 rings (SSSR count). The minimum atomic E-state index is -0.389. The number of methoxy groups -OCH3 is 2. The van der Waals surface area contributed by atoms with Gasteiger partial charge in [0.2, 0.25) is 0 Å². The summed E-state index contributed by atoms with van der Waals surface area (Å²) in [4.78, 5) is 16.7. The second-order valence-corrected chi connectivity index (χ2v) is 7.05. The number of thiazole rings is 1. The van der Waals surface area contributed by atoms with Gasteiger partial charge in [-0.15, -0.1) is 11.3 Å². The summed E-state index contributed by atoms with van der Waals surface area (Å²) in [5.41, 5.74) is 2.00. The molecule has 0 spiro atoms. The molecule has 5 nitrogen and oxygen atoms in total. The number of nitrogens with zero attached hydrogens (tertiary/aromatic N) is 1. The first-order chi connectivity index (χ1) is 12.6. The minimum Gasteiger partial charge on any atom is -0.493 e. The first kappa shape index (κ1) is 18.4. The number of benzene rings is 2. The zero-order valence-electron chi connectivity index (χ0n) is 14.2. The van der Waals surface area contributed by atoms with Gasteiger partial charge in [-0.2, -0.15) is 0 Å². The summed E-state index contributed by atoms with van der Waals surface area (Å²) in [5.74, 6) is 0.879. The molecular weight excluding hydrogens is 418 g/mol. The van der Waals surface area contributed by atoms with Crippen molar-refractivity contribution in [3.05, 3.63) is 63.6 Å². The first-order valence-electron chi connectivity index (χ1n) is 7.71. The molecule has 0 aliphatic carbocycles. The van der Waals surface area contributed by atoms with E-state index >= 15 is 0 Å². The molecule has 0 N–H and O–H groups in total. The fraction of sp³-hybridized carbons (Fsp3) is 0.158. The van der Waals surface area contributed by atoms with E-state index in [9.17, 15) is 4.79 Å². The van der Waals surface area contributed by atoms with Crippen LogP contribution in [0, 0.1) is 0 Å². The predicted molar refractivity (Wildman–Crippen MR) is 104 cm³/mol. The number of esters is 1. The van der Waals surface area contributed by atoms with Crippen molar-refractivity contribution in [1.82, 2.24) is 4.98 Å². The van der Waals surface area contributed by atoms with Crippen molar-refractivity contribution in [2.45, 2.75) is 6.61 Å². The third-order valence-electron chi connectivity index (χ3n) is 3.60. The molecule has 2 aromatic carbocycles. The molecule has 0 saturated carbocycles. The summed E-state index contributed by atoms with van der Waals surface area (Å²) >= 11 is 4.80. The SMILES string of the molecule is COc1cccc(-c2nc(COC(=O)c3cccc(Br)c3)cs2)c1OC. The van der Waals surface area contributed by atoms with Crippen LogP contribution in [-0.4, -0.2) is 25.2 Å². The van der Waals surface area contributed by atoms with E-state index in [2.05, 4.69) is 20.9 Å². The Labute approximate surface area is 163 Å². The number of ether oxygens (including phenoxy) is 3. The van der Waals surface area contributed by atoms with Crippen LogP contribution in [-0.2, 0) is 11.3 Å². The second kappa shape index (κ2) is 8.33. The molecule has 0 amide bonds. The first-order valence-corrected chi connectivity index (χ1v) is 9.38. The maximum atomic E-state index is 12.1. The molecule has 1 heterocycles. The molecule has 0 bridgehead atoms. The molecule has 0 aliphatic heterocycles. The predicted octanol–water partition coefficient (Wildman–Crippen LogP) is 4.95. The van der Waals surface area contributed by atoms with Crippen molar-refractivity contribution < 1.29 is 19.0 Å². The maximum Gasteiger partial charge on any atom is 0.338 e. The highest BCUT2D eigenvalue weighted by Crippen LogP contribution is 2.39. The number of halogens is 1. The lowest BCUT2D eigenvalue weighted by Gasteiger charge is -2.10. The van der Waals surface area contributed by atoms with Gasteiger partial charge in [-0.25, -0.2) is 9.78 Å². The molecule has 1 aromatic heterocycles. The summed E-state index contributed by atoms with van der Waals surface area (Å²) in [5, 5.41) is 2.64. The molecule has 7 heteroatoms. The third-order valence-corrected chi connectivity index (χ3v) is 5.01. The van der Waals surface area contributed by atoms with Gasteiger partial charge in [0.15, 0.2) is 11.5 Å². The largest absolute Gasteiger partial charge is 0.493 e. The van der Waals surface area contributed by atoms with Gasteiger partial charge in [0.1, 0.15) is 11.6 Å². The van der Waals surface area contributed by atoms with Gasteiger partial charge < -0.3 is 14.2 Å². The lowest BCUT2D eigenvalue weighted by molar-refractivity contribution is 0.0468. The van der Waals surface area contributed by atoms with E-state index in [1.165, 1.54) is 11.3 Å². The summed E-state index contributed by atoms with van der Waals surface area (Å²) in [7, 11) is 3.19. The van der Waals surface area contributed by atoms with Crippen LogP contribution in [0.3, 0.4) is 0 Å². The van der Waals surface area contributed by atoms with Crippen molar-refractivity contribution in [2.75, 3.05) is 14.2 Å². The maximum absolute atomic E-state index is 12.1. The topological polar surface area (TPSA) is 57.7 Å². The van der Waals surface area contributed by atoms with Crippen molar-refractivity contribution in [1.29, 1.82) is 0 Å². The van der Waals surface area contributed by atoms with Gasteiger partial charge in [-0.1, -0.05) is 28.1 Å². The van der Waals surface area contributed by atoms with Gasteiger partial charge in [0.05, 0.1) is 31.0 Å². The minimum absolute atomic E-state index is 0.105. The highest BCUT2D eigenvalue weighted by atomic mass is 79.9. The molecule has 0 saturated heterocycles. The van der Waals surface area contributed by atoms with E-state index in [1.807, 2.05) is 29.6 Å². The van der Waals surface area contributed by atoms with E-state index in [-0.39, 0.29) is 12.6 Å². The summed E-state index contributed by atoms with van der Waals surface area (Å²) in [6.45, 7) is 0.105. The summed E-state index contributed by atoms with van der Waals surface area (Å²) in [6, 6.07) is 12.7. The average Bonchev–Trinajstić information content (AvgIpc) is 3.14. The molecule has 0 unspecified atom stereocenters. The molecule has 0 radical (unpaired) electrons. The lowest BCUT2D eigenvalue weighted by atomic mass is 10.2. The van der Waals surface area contributed by atoms with E-state index in [0.717, 1.165) is 15.0 Å². The Balaban J connectivity index is 1.74. The van der Waals surface area contributed by atoms with Gasteiger partial charge in [-0.3, -0.25) is 0 Å². The van der Waals surface area contributed by atoms with Gasteiger partial charge in [-0.05, 0) is 30.3 Å². The molecular formula is C19H16BrNO4S. The number of hydrogen-bond donors (Lipinski definition) is 0. The highest BCUT2D eigenvalue weighted by molar-refractivity contribution is 9.10. The number of para-hydroxylation sites is 1. The van der Waals surface area contributed by atoms with Crippen molar-refractivity contribution in [3.63, 3.8) is 0 Å². The van der Waals surface area contributed by atoms with E-state index in [0.29, 0.717) is 22.8 Å². The van der Waals surface area contributed by atoms with Crippen LogP contribution in [0.4, 0.5) is 0 Å². The number of hydrogen-bond acceptors (Lipinski definition) is 6. The quantitative estimate of drug-likeness (QED) is 0.514. The molecule has 0 atom stereocenters. The second-order valence-electron chi connectivity index (χ2n) is 5.27. The number of carbonyl (C=O) groups excluding carboxylic acids is 1. The normalized spacial score (nSPS) is 10.4. The van der Waals surface area contributed by atoms with Crippen molar-refractivity contribution in [3.8, 4) is 22.1 Å². The van der Waals surface area contributed by atoms with Gasteiger partial charge >= 0.3 is 5.97 Å². The number of carbonyl (C=O) groups is 1. The third kappa shape index (κ3) is 4.05.